The molecule has 0 radical (unpaired) electrons. The molecule has 1 unspecified atom stereocenters. The van der Waals surface area contributed by atoms with Gasteiger partial charge in [0.05, 0.1) is 5.02 Å². The van der Waals surface area contributed by atoms with Crippen LogP contribution in [-0.4, -0.2) is 6.54 Å². The third kappa shape index (κ3) is 4.64. The monoisotopic (exact) mass is 257 g/mol. The first kappa shape index (κ1) is 14.5. The Morgan fingerprint density at radius 2 is 2.06 bits per heavy atom. The number of unbranched alkanes of at least 4 members (excludes halogenated alkanes) is 2. The fourth-order valence-corrected chi connectivity index (χ4v) is 2.08. The van der Waals surface area contributed by atoms with Gasteiger partial charge in [0, 0.05) is 6.04 Å². The lowest BCUT2D eigenvalue weighted by molar-refractivity contribution is 0.483. The standard InChI is InChI=1S/C14H21ClFN/c1-3-5-6-7-14(17-4-2)11-8-9-12(15)13(16)10-11/h8-10,14,17H,3-7H2,1-2H3. The van der Waals surface area contributed by atoms with E-state index in [4.69, 9.17) is 11.6 Å². The molecule has 0 spiro atoms. The molecule has 0 amide bonds. The lowest BCUT2D eigenvalue weighted by atomic mass is 10.0. The summed E-state index contributed by atoms with van der Waals surface area (Å²) in [5, 5.41) is 3.59. The van der Waals surface area contributed by atoms with Gasteiger partial charge in [0.15, 0.2) is 0 Å². The molecule has 17 heavy (non-hydrogen) atoms. The molecule has 0 bridgehead atoms. The van der Waals surface area contributed by atoms with Crippen molar-refractivity contribution in [3.63, 3.8) is 0 Å². The predicted molar refractivity (Wildman–Crippen MR) is 72.0 cm³/mol. The Morgan fingerprint density at radius 3 is 2.65 bits per heavy atom. The van der Waals surface area contributed by atoms with Crippen molar-refractivity contribution in [1.82, 2.24) is 5.32 Å². The van der Waals surface area contributed by atoms with Gasteiger partial charge < -0.3 is 5.32 Å². The van der Waals surface area contributed by atoms with Crippen molar-refractivity contribution in [1.29, 1.82) is 0 Å². The number of hydrogen-bond donors (Lipinski definition) is 1. The number of nitrogens with one attached hydrogen (secondary N) is 1. The van der Waals surface area contributed by atoms with Gasteiger partial charge in [-0.15, -0.1) is 0 Å². The third-order valence-corrected chi connectivity index (χ3v) is 3.20. The molecule has 3 heteroatoms. The van der Waals surface area contributed by atoms with Gasteiger partial charge in [-0.05, 0) is 30.7 Å². The van der Waals surface area contributed by atoms with E-state index in [1.54, 1.807) is 12.1 Å². The van der Waals surface area contributed by atoms with Gasteiger partial charge in [0.25, 0.3) is 0 Å². The average molecular weight is 258 g/mol. The van der Waals surface area contributed by atoms with Crippen LogP contribution in [0.2, 0.25) is 5.02 Å². The van der Waals surface area contributed by atoms with Gasteiger partial charge in [-0.1, -0.05) is 50.8 Å². The Bertz CT molecular complexity index is 341. The molecule has 0 aromatic heterocycles. The molecule has 96 valence electrons. The van der Waals surface area contributed by atoms with Crippen molar-refractivity contribution in [3.05, 3.63) is 34.6 Å². The van der Waals surface area contributed by atoms with Crippen molar-refractivity contribution < 1.29 is 4.39 Å². The van der Waals surface area contributed by atoms with Gasteiger partial charge in [-0.25, -0.2) is 4.39 Å². The van der Waals surface area contributed by atoms with Crippen LogP contribution in [0.15, 0.2) is 18.2 Å². The average Bonchev–Trinajstić information content (AvgIpc) is 2.32. The Balaban J connectivity index is 2.70. The Kier molecular flexibility index (Phi) is 6.53. The minimum atomic E-state index is -0.331. The number of benzene rings is 1. The first-order chi connectivity index (χ1) is 8.19. The second-order valence-corrected chi connectivity index (χ2v) is 4.69. The van der Waals surface area contributed by atoms with Crippen molar-refractivity contribution in [3.8, 4) is 0 Å². The summed E-state index contributed by atoms with van der Waals surface area (Å²) in [6.07, 6.45) is 4.63. The summed E-state index contributed by atoms with van der Waals surface area (Å²) in [6.45, 7) is 5.14. The minimum absolute atomic E-state index is 0.192. The SMILES string of the molecule is CCCCCC(NCC)c1ccc(Cl)c(F)c1. The zero-order valence-corrected chi connectivity index (χ0v) is 11.4. The van der Waals surface area contributed by atoms with Crippen LogP contribution in [0.1, 0.15) is 51.1 Å². The summed E-state index contributed by atoms with van der Waals surface area (Å²) >= 11 is 5.69. The second-order valence-electron chi connectivity index (χ2n) is 4.28. The largest absolute Gasteiger partial charge is 0.310 e. The molecule has 1 aromatic carbocycles. The normalized spacial score (nSPS) is 12.7. The highest BCUT2D eigenvalue weighted by Crippen LogP contribution is 2.24. The third-order valence-electron chi connectivity index (χ3n) is 2.89. The van der Waals surface area contributed by atoms with Crippen LogP contribution in [0.3, 0.4) is 0 Å². The number of halogens is 2. The molecule has 1 nitrogen and oxygen atoms in total. The quantitative estimate of drug-likeness (QED) is 0.698. The molecule has 0 heterocycles. The van der Waals surface area contributed by atoms with E-state index in [1.165, 1.54) is 19.3 Å². The predicted octanol–water partition coefficient (Wildman–Crippen LogP) is 4.71. The van der Waals surface area contributed by atoms with E-state index in [2.05, 4.69) is 19.2 Å². The molecule has 1 rings (SSSR count). The molecule has 0 aliphatic rings. The van der Waals surface area contributed by atoms with Crippen LogP contribution in [0.4, 0.5) is 4.39 Å². The molecule has 0 aliphatic carbocycles. The first-order valence-electron chi connectivity index (χ1n) is 6.37. The summed E-state index contributed by atoms with van der Waals surface area (Å²) in [7, 11) is 0. The Labute approximate surface area is 108 Å². The van der Waals surface area contributed by atoms with E-state index in [-0.39, 0.29) is 16.9 Å². The van der Waals surface area contributed by atoms with Gasteiger partial charge in [0.1, 0.15) is 5.82 Å². The first-order valence-corrected chi connectivity index (χ1v) is 6.75. The van der Waals surface area contributed by atoms with Gasteiger partial charge in [-0.3, -0.25) is 0 Å². The van der Waals surface area contributed by atoms with Crippen LogP contribution in [0, 0.1) is 5.82 Å². The lowest BCUT2D eigenvalue weighted by Crippen LogP contribution is -2.21. The summed E-state index contributed by atoms with van der Waals surface area (Å²) in [5.74, 6) is -0.331. The number of hydrogen-bond acceptors (Lipinski definition) is 1. The molecule has 0 aliphatic heterocycles. The van der Waals surface area contributed by atoms with Crippen LogP contribution in [0.5, 0.6) is 0 Å². The van der Waals surface area contributed by atoms with Gasteiger partial charge in [0.2, 0.25) is 0 Å². The maximum absolute atomic E-state index is 13.4. The van der Waals surface area contributed by atoms with Crippen LogP contribution in [-0.2, 0) is 0 Å². The smallest absolute Gasteiger partial charge is 0.142 e. The maximum atomic E-state index is 13.4. The molecular weight excluding hydrogens is 237 g/mol. The summed E-state index contributed by atoms with van der Waals surface area (Å²) in [5.41, 5.74) is 0.991. The second kappa shape index (κ2) is 7.67. The van der Waals surface area contributed by atoms with Crippen molar-refractivity contribution in [2.45, 2.75) is 45.6 Å². The van der Waals surface area contributed by atoms with Gasteiger partial charge in [-0.2, -0.15) is 0 Å². The lowest BCUT2D eigenvalue weighted by Gasteiger charge is -2.18. The summed E-state index contributed by atoms with van der Waals surface area (Å²) in [4.78, 5) is 0. The highest BCUT2D eigenvalue weighted by Gasteiger charge is 2.11. The van der Waals surface area contributed by atoms with Crippen molar-refractivity contribution >= 4 is 11.6 Å². The molecule has 0 saturated carbocycles. The molecule has 1 aromatic rings. The van der Waals surface area contributed by atoms with Crippen LogP contribution >= 0.6 is 11.6 Å². The molecule has 1 N–H and O–H groups in total. The summed E-state index contributed by atoms with van der Waals surface area (Å²) < 4.78 is 13.4. The topological polar surface area (TPSA) is 12.0 Å². The van der Waals surface area contributed by atoms with Crippen LogP contribution < -0.4 is 5.32 Å². The van der Waals surface area contributed by atoms with Crippen molar-refractivity contribution in [2.75, 3.05) is 6.54 Å². The molecule has 0 saturated heterocycles. The van der Waals surface area contributed by atoms with Crippen molar-refractivity contribution in [2.24, 2.45) is 0 Å². The minimum Gasteiger partial charge on any atom is -0.310 e. The zero-order chi connectivity index (χ0) is 12.7. The van der Waals surface area contributed by atoms with E-state index in [9.17, 15) is 4.39 Å². The summed E-state index contributed by atoms with van der Waals surface area (Å²) in [6, 6.07) is 5.32. The van der Waals surface area contributed by atoms with E-state index >= 15 is 0 Å². The van der Waals surface area contributed by atoms with E-state index in [0.717, 1.165) is 18.5 Å². The molecular formula is C14H21ClFN. The van der Waals surface area contributed by atoms with Gasteiger partial charge >= 0.3 is 0 Å². The molecule has 0 fully saturated rings. The highest BCUT2D eigenvalue weighted by atomic mass is 35.5. The molecule has 1 atom stereocenters. The number of rotatable bonds is 7. The highest BCUT2D eigenvalue weighted by molar-refractivity contribution is 6.30. The maximum Gasteiger partial charge on any atom is 0.142 e. The van der Waals surface area contributed by atoms with E-state index in [0.29, 0.717) is 0 Å². The fraction of sp³-hybridized carbons (Fsp3) is 0.571. The fourth-order valence-electron chi connectivity index (χ4n) is 1.96. The van der Waals surface area contributed by atoms with E-state index in [1.807, 2.05) is 6.07 Å². The van der Waals surface area contributed by atoms with E-state index < -0.39 is 0 Å². The zero-order valence-electron chi connectivity index (χ0n) is 10.6. The Hall–Kier alpha value is -0.600. The van der Waals surface area contributed by atoms with Crippen LogP contribution in [0.25, 0.3) is 0 Å². The Morgan fingerprint density at radius 1 is 1.29 bits per heavy atom.